The molecule has 106 valence electrons. The van der Waals surface area contributed by atoms with E-state index in [4.69, 9.17) is 0 Å². The van der Waals surface area contributed by atoms with Gasteiger partial charge in [-0.3, -0.25) is 0 Å². The Kier molecular flexibility index (Phi) is 5.74. The van der Waals surface area contributed by atoms with Crippen LogP contribution in [-0.2, 0) is 0 Å². The molecule has 1 saturated heterocycles. The van der Waals surface area contributed by atoms with Gasteiger partial charge in [0.05, 0.1) is 6.10 Å². The second-order valence-electron chi connectivity index (χ2n) is 5.63. The first-order chi connectivity index (χ1) is 9.16. The van der Waals surface area contributed by atoms with E-state index < -0.39 is 6.10 Å². The van der Waals surface area contributed by atoms with Gasteiger partial charge < -0.3 is 10.4 Å². The lowest BCUT2D eigenvalue weighted by atomic mass is 10.00. The third kappa shape index (κ3) is 4.51. The van der Waals surface area contributed by atoms with E-state index in [0.29, 0.717) is 18.5 Å². The highest BCUT2D eigenvalue weighted by atomic mass is 32.2. The van der Waals surface area contributed by atoms with Gasteiger partial charge in [0.25, 0.3) is 0 Å². The van der Waals surface area contributed by atoms with Crippen molar-refractivity contribution < 1.29 is 5.11 Å². The minimum Gasteiger partial charge on any atom is -0.387 e. The fourth-order valence-corrected chi connectivity index (χ4v) is 3.51. The van der Waals surface area contributed by atoms with Crippen molar-refractivity contribution in [2.75, 3.05) is 18.1 Å². The maximum absolute atomic E-state index is 10.2. The van der Waals surface area contributed by atoms with Crippen LogP contribution >= 0.6 is 11.8 Å². The molecule has 1 aliphatic rings. The number of hydrogen-bond acceptors (Lipinski definition) is 3. The molecule has 1 atom stereocenters. The molecule has 0 spiro atoms. The first-order valence-electron chi connectivity index (χ1n) is 7.26. The molecule has 0 aliphatic carbocycles. The highest BCUT2D eigenvalue weighted by Crippen LogP contribution is 2.20. The Bertz CT molecular complexity index is 371. The molecule has 0 saturated carbocycles. The predicted molar refractivity (Wildman–Crippen MR) is 83.8 cm³/mol. The molecule has 2 N–H and O–H groups in total. The van der Waals surface area contributed by atoms with Gasteiger partial charge in [-0.15, -0.1) is 0 Å². The van der Waals surface area contributed by atoms with Gasteiger partial charge in [0.1, 0.15) is 0 Å². The summed E-state index contributed by atoms with van der Waals surface area (Å²) in [6.07, 6.45) is 2.06. The number of aliphatic hydroxyl groups excluding tert-OH is 1. The molecule has 19 heavy (non-hydrogen) atoms. The lowest BCUT2D eigenvalue weighted by molar-refractivity contribution is 0.169. The fraction of sp³-hybridized carbons (Fsp3) is 0.625. The molecule has 0 bridgehead atoms. The summed E-state index contributed by atoms with van der Waals surface area (Å²) >= 11 is 2.03. The molecule has 1 aromatic carbocycles. The Labute approximate surface area is 121 Å². The van der Waals surface area contributed by atoms with Crippen molar-refractivity contribution >= 4 is 11.8 Å². The average Bonchev–Trinajstić information content (AvgIpc) is 2.46. The number of benzene rings is 1. The standard InChI is InChI=1S/C16H25NOS/c1-12(2)13-3-5-14(6-4-13)16(18)11-17-15-7-9-19-10-8-15/h3-6,12,15-18H,7-11H2,1-2H3. The molecule has 1 fully saturated rings. The van der Waals surface area contributed by atoms with Crippen molar-refractivity contribution in [3.63, 3.8) is 0 Å². The summed E-state index contributed by atoms with van der Waals surface area (Å²) in [5, 5.41) is 13.7. The molecule has 3 heteroatoms. The molecule has 0 radical (unpaired) electrons. The van der Waals surface area contributed by atoms with Gasteiger partial charge in [-0.05, 0) is 41.4 Å². The third-order valence-corrected chi connectivity index (χ3v) is 4.86. The average molecular weight is 279 g/mol. The Morgan fingerprint density at radius 1 is 1.16 bits per heavy atom. The zero-order chi connectivity index (χ0) is 13.7. The Morgan fingerprint density at radius 2 is 1.74 bits per heavy atom. The van der Waals surface area contributed by atoms with Crippen LogP contribution in [-0.4, -0.2) is 29.2 Å². The molecule has 2 rings (SSSR count). The largest absolute Gasteiger partial charge is 0.387 e. The third-order valence-electron chi connectivity index (χ3n) is 3.81. The summed E-state index contributed by atoms with van der Waals surface area (Å²) in [7, 11) is 0. The van der Waals surface area contributed by atoms with E-state index >= 15 is 0 Å². The fourth-order valence-electron chi connectivity index (χ4n) is 2.40. The molecule has 1 heterocycles. The van der Waals surface area contributed by atoms with Gasteiger partial charge in [0.2, 0.25) is 0 Å². The van der Waals surface area contributed by atoms with Crippen molar-refractivity contribution in [2.45, 2.75) is 44.8 Å². The predicted octanol–water partition coefficient (Wildman–Crippen LogP) is 3.33. The van der Waals surface area contributed by atoms with Crippen molar-refractivity contribution in [1.82, 2.24) is 5.32 Å². The SMILES string of the molecule is CC(C)c1ccc(C(O)CNC2CCSCC2)cc1. The molecule has 2 nitrogen and oxygen atoms in total. The number of thioether (sulfide) groups is 1. The molecule has 1 aliphatic heterocycles. The number of rotatable bonds is 5. The van der Waals surface area contributed by atoms with Crippen molar-refractivity contribution in [2.24, 2.45) is 0 Å². The van der Waals surface area contributed by atoms with Crippen LogP contribution in [0, 0.1) is 0 Å². The maximum atomic E-state index is 10.2. The first kappa shape index (κ1) is 14.9. The Balaban J connectivity index is 1.83. The summed E-state index contributed by atoms with van der Waals surface area (Å²) in [6, 6.07) is 8.95. The molecular formula is C16H25NOS. The van der Waals surface area contributed by atoms with Gasteiger partial charge >= 0.3 is 0 Å². The normalized spacial score (nSPS) is 18.7. The van der Waals surface area contributed by atoms with Gasteiger partial charge in [0, 0.05) is 12.6 Å². The van der Waals surface area contributed by atoms with E-state index in [1.54, 1.807) is 0 Å². The Morgan fingerprint density at radius 3 is 2.32 bits per heavy atom. The van der Waals surface area contributed by atoms with Crippen LogP contribution in [0.25, 0.3) is 0 Å². The molecule has 1 unspecified atom stereocenters. The monoisotopic (exact) mass is 279 g/mol. The van der Waals surface area contributed by atoms with Crippen LogP contribution in [0.3, 0.4) is 0 Å². The summed E-state index contributed by atoms with van der Waals surface area (Å²) in [4.78, 5) is 0. The van der Waals surface area contributed by atoms with Crippen LogP contribution in [0.2, 0.25) is 0 Å². The maximum Gasteiger partial charge on any atom is 0.0914 e. The number of hydrogen-bond donors (Lipinski definition) is 2. The second-order valence-corrected chi connectivity index (χ2v) is 6.86. The summed E-state index contributed by atoms with van der Waals surface area (Å²) in [5.41, 5.74) is 2.34. The van der Waals surface area contributed by atoms with Gasteiger partial charge in [-0.1, -0.05) is 38.1 Å². The molecule has 0 amide bonds. The van der Waals surface area contributed by atoms with Crippen LogP contribution in [0.15, 0.2) is 24.3 Å². The number of aliphatic hydroxyl groups is 1. The second kappa shape index (κ2) is 7.32. The summed E-state index contributed by atoms with van der Waals surface area (Å²) in [6.45, 7) is 5.04. The summed E-state index contributed by atoms with van der Waals surface area (Å²) < 4.78 is 0. The quantitative estimate of drug-likeness (QED) is 0.867. The van der Waals surface area contributed by atoms with E-state index in [-0.39, 0.29) is 0 Å². The number of nitrogens with one attached hydrogen (secondary N) is 1. The van der Waals surface area contributed by atoms with E-state index in [2.05, 4.69) is 43.4 Å². The smallest absolute Gasteiger partial charge is 0.0914 e. The van der Waals surface area contributed by atoms with Crippen LogP contribution in [0.5, 0.6) is 0 Å². The van der Waals surface area contributed by atoms with Crippen molar-refractivity contribution in [3.05, 3.63) is 35.4 Å². The summed E-state index contributed by atoms with van der Waals surface area (Å²) in [5.74, 6) is 3.04. The molecular weight excluding hydrogens is 254 g/mol. The minimum absolute atomic E-state index is 0.393. The zero-order valence-corrected chi connectivity index (χ0v) is 12.7. The topological polar surface area (TPSA) is 32.3 Å². The van der Waals surface area contributed by atoms with Crippen molar-refractivity contribution in [3.8, 4) is 0 Å². The zero-order valence-electron chi connectivity index (χ0n) is 11.9. The van der Waals surface area contributed by atoms with Crippen LogP contribution < -0.4 is 5.32 Å². The van der Waals surface area contributed by atoms with E-state index in [9.17, 15) is 5.11 Å². The minimum atomic E-state index is -0.393. The highest BCUT2D eigenvalue weighted by Gasteiger charge is 2.15. The van der Waals surface area contributed by atoms with Crippen LogP contribution in [0.1, 0.15) is 49.8 Å². The van der Waals surface area contributed by atoms with E-state index in [0.717, 1.165) is 5.56 Å². The van der Waals surface area contributed by atoms with E-state index in [1.165, 1.54) is 29.9 Å². The lowest BCUT2D eigenvalue weighted by Crippen LogP contribution is -2.35. The van der Waals surface area contributed by atoms with Gasteiger partial charge in [0.15, 0.2) is 0 Å². The molecule has 0 aromatic heterocycles. The van der Waals surface area contributed by atoms with Gasteiger partial charge in [-0.2, -0.15) is 11.8 Å². The molecule has 1 aromatic rings. The first-order valence-corrected chi connectivity index (χ1v) is 8.41. The lowest BCUT2D eigenvalue weighted by Gasteiger charge is -2.24. The van der Waals surface area contributed by atoms with Crippen molar-refractivity contribution in [1.29, 1.82) is 0 Å². The Hall–Kier alpha value is -0.510. The van der Waals surface area contributed by atoms with Crippen LogP contribution in [0.4, 0.5) is 0 Å². The van der Waals surface area contributed by atoms with E-state index in [1.807, 2.05) is 11.8 Å². The van der Waals surface area contributed by atoms with Gasteiger partial charge in [-0.25, -0.2) is 0 Å². The highest BCUT2D eigenvalue weighted by molar-refractivity contribution is 7.99.